The molecule has 1 spiro atoms. The Morgan fingerprint density at radius 2 is 1.63 bits per heavy atom. The minimum atomic E-state index is -0.794. The van der Waals surface area contributed by atoms with Gasteiger partial charge >= 0.3 is 0 Å². The third-order valence-electron chi connectivity index (χ3n) is 8.25. The van der Waals surface area contributed by atoms with E-state index in [1.54, 1.807) is 7.11 Å². The number of rotatable bonds is 12. The number of benzene rings is 2. The smallest absolute Gasteiger partial charge is 0.246 e. The Bertz CT molecular complexity index is 1050. The van der Waals surface area contributed by atoms with Crippen molar-refractivity contribution in [3.63, 3.8) is 0 Å². The standard InChI is InChI=1S/C32H45N3O3/c1-25(2)23-28-30(36)35(24-27-16-10-11-17-29(27)38-3)32(31(37)33-28)18-21-34(22-19-32)20-12-5-4-7-13-26-14-8-6-9-15-26/h6,8-11,14-17,25,28H,4-5,7,12-13,18-24H2,1-3H3,(H,33,37)/t28-/m0/s1. The molecule has 2 aliphatic heterocycles. The summed E-state index contributed by atoms with van der Waals surface area (Å²) < 4.78 is 5.58. The Hall–Kier alpha value is -2.86. The van der Waals surface area contributed by atoms with Gasteiger partial charge in [-0.05, 0) is 62.6 Å². The van der Waals surface area contributed by atoms with Crippen molar-refractivity contribution in [2.45, 2.75) is 83.3 Å². The first-order valence-corrected chi connectivity index (χ1v) is 14.4. The maximum atomic E-state index is 13.8. The van der Waals surface area contributed by atoms with Gasteiger partial charge in [0.05, 0.1) is 13.7 Å². The fourth-order valence-corrected chi connectivity index (χ4v) is 6.05. The van der Waals surface area contributed by atoms with Gasteiger partial charge in [-0.15, -0.1) is 0 Å². The Balaban J connectivity index is 1.35. The maximum absolute atomic E-state index is 13.8. The van der Waals surface area contributed by atoms with E-state index in [9.17, 15) is 9.59 Å². The number of aryl methyl sites for hydroxylation is 1. The molecule has 2 heterocycles. The van der Waals surface area contributed by atoms with E-state index in [0.29, 0.717) is 31.7 Å². The Morgan fingerprint density at radius 1 is 0.947 bits per heavy atom. The van der Waals surface area contributed by atoms with Gasteiger partial charge < -0.3 is 19.9 Å². The predicted octanol–water partition coefficient (Wildman–Crippen LogP) is 5.21. The van der Waals surface area contributed by atoms with Crippen LogP contribution in [-0.2, 0) is 22.6 Å². The zero-order chi connectivity index (χ0) is 27.0. The van der Waals surface area contributed by atoms with Crippen LogP contribution in [0, 0.1) is 5.92 Å². The van der Waals surface area contributed by atoms with Crippen molar-refractivity contribution in [1.82, 2.24) is 15.1 Å². The molecule has 6 heteroatoms. The summed E-state index contributed by atoms with van der Waals surface area (Å²) in [5, 5.41) is 3.12. The predicted molar refractivity (Wildman–Crippen MR) is 152 cm³/mol. The summed E-state index contributed by atoms with van der Waals surface area (Å²) in [4.78, 5) is 31.8. The first kappa shape index (κ1) is 28.2. The van der Waals surface area contributed by atoms with Gasteiger partial charge in [-0.3, -0.25) is 9.59 Å². The minimum Gasteiger partial charge on any atom is -0.496 e. The number of nitrogens with zero attached hydrogens (tertiary/aromatic N) is 2. The summed E-state index contributed by atoms with van der Waals surface area (Å²) in [5.41, 5.74) is 1.57. The number of nitrogens with one attached hydrogen (secondary N) is 1. The van der Waals surface area contributed by atoms with E-state index < -0.39 is 11.6 Å². The molecule has 2 fully saturated rings. The van der Waals surface area contributed by atoms with Crippen LogP contribution in [0.25, 0.3) is 0 Å². The summed E-state index contributed by atoms with van der Waals surface area (Å²) >= 11 is 0. The van der Waals surface area contributed by atoms with Gasteiger partial charge in [-0.2, -0.15) is 0 Å². The van der Waals surface area contributed by atoms with Crippen LogP contribution in [0.3, 0.4) is 0 Å². The number of hydrogen-bond acceptors (Lipinski definition) is 4. The topological polar surface area (TPSA) is 61.9 Å². The van der Waals surface area contributed by atoms with Gasteiger partial charge in [0.15, 0.2) is 0 Å². The van der Waals surface area contributed by atoms with Crippen LogP contribution < -0.4 is 10.1 Å². The zero-order valence-corrected chi connectivity index (χ0v) is 23.5. The lowest BCUT2D eigenvalue weighted by atomic mass is 9.80. The third kappa shape index (κ3) is 6.76. The summed E-state index contributed by atoms with van der Waals surface area (Å²) in [5.74, 6) is 1.13. The molecule has 0 unspecified atom stereocenters. The van der Waals surface area contributed by atoms with Crippen molar-refractivity contribution in [2.24, 2.45) is 5.92 Å². The van der Waals surface area contributed by atoms with Gasteiger partial charge in [0.25, 0.3) is 0 Å². The quantitative estimate of drug-likeness (QED) is 0.391. The molecule has 4 rings (SSSR count). The number of piperidine rings is 1. The molecule has 0 bridgehead atoms. The number of ether oxygens (including phenoxy) is 1. The lowest BCUT2D eigenvalue weighted by Gasteiger charge is -2.52. The zero-order valence-electron chi connectivity index (χ0n) is 23.5. The molecule has 206 valence electrons. The van der Waals surface area contributed by atoms with Crippen molar-refractivity contribution < 1.29 is 14.3 Å². The Morgan fingerprint density at radius 3 is 2.34 bits per heavy atom. The molecule has 2 aromatic carbocycles. The molecular weight excluding hydrogens is 474 g/mol. The average Bonchev–Trinajstić information content (AvgIpc) is 2.93. The van der Waals surface area contributed by atoms with Crippen LogP contribution in [-0.4, -0.2) is 59.9 Å². The molecule has 2 saturated heterocycles. The second-order valence-electron chi connectivity index (χ2n) is 11.4. The molecule has 6 nitrogen and oxygen atoms in total. The van der Waals surface area contributed by atoms with Crippen LogP contribution >= 0.6 is 0 Å². The second-order valence-corrected chi connectivity index (χ2v) is 11.4. The van der Waals surface area contributed by atoms with Gasteiger partial charge in [-0.1, -0.05) is 75.2 Å². The van der Waals surface area contributed by atoms with Crippen LogP contribution in [0.4, 0.5) is 0 Å². The van der Waals surface area contributed by atoms with Crippen molar-refractivity contribution in [3.05, 3.63) is 65.7 Å². The molecule has 0 radical (unpaired) electrons. The largest absolute Gasteiger partial charge is 0.496 e. The third-order valence-corrected chi connectivity index (χ3v) is 8.25. The second kappa shape index (κ2) is 13.3. The SMILES string of the molecule is COc1ccccc1CN1C(=O)[C@H](CC(C)C)NC(=O)C12CCN(CCCCCCc1ccccc1)CC2. The number of likely N-dealkylation sites (tertiary alicyclic amines) is 1. The highest BCUT2D eigenvalue weighted by Gasteiger charge is 2.53. The van der Waals surface area contributed by atoms with Gasteiger partial charge in [0.2, 0.25) is 11.8 Å². The van der Waals surface area contributed by atoms with E-state index in [4.69, 9.17) is 4.74 Å². The number of unbranched alkanes of at least 4 members (excludes halogenated alkanes) is 3. The van der Waals surface area contributed by atoms with Crippen molar-refractivity contribution >= 4 is 11.8 Å². The molecule has 0 saturated carbocycles. The number of carbonyl (C=O) groups is 2. The number of carbonyl (C=O) groups excluding carboxylic acids is 2. The number of hydrogen-bond donors (Lipinski definition) is 1. The first-order chi connectivity index (χ1) is 18.4. The number of methoxy groups -OCH3 is 1. The van der Waals surface area contributed by atoms with Crippen LogP contribution in [0.15, 0.2) is 54.6 Å². The van der Waals surface area contributed by atoms with Gasteiger partial charge in [-0.25, -0.2) is 0 Å². The van der Waals surface area contributed by atoms with E-state index in [-0.39, 0.29) is 11.8 Å². The van der Waals surface area contributed by atoms with E-state index in [0.717, 1.165) is 37.4 Å². The Labute approximate surface area is 228 Å². The lowest BCUT2D eigenvalue weighted by Crippen LogP contribution is -2.72. The molecule has 1 N–H and O–H groups in total. The summed E-state index contributed by atoms with van der Waals surface area (Å²) in [6.07, 6.45) is 8.01. The van der Waals surface area contributed by atoms with Gasteiger partial charge in [0, 0.05) is 18.7 Å². The van der Waals surface area contributed by atoms with Crippen molar-refractivity contribution in [1.29, 1.82) is 0 Å². The van der Waals surface area contributed by atoms with Crippen LogP contribution in [0.5, 0.6) is 5.75 Å². The van der Waals surface area contributed by atoms with Crippen molar-refractivity contribution in [2.75, 3.05) is 26.7 Å². The summed E-state index contributed by atoms with van der Waals surface area (Å²) in [7, 11) is 1.65. The Kier molecular flexibility index (Phi) is 9.84. The lowest BCUT2D eigenvalue weighted by molar-refractivity contribution is -0.162. The highest BCUT2D eigenvalue weighted by molar-refractivity contribution is 6.00. The molecule has 0 aromatic heterocycles. The van der Waals surface area contributed by atoms with Crippen LogP contribution in [0.1, 0.15) is 69.9 Å². The average molecular weight is 520 g/mol. The first-order valence-electron chi connectivity index (χ1n) is 14.4. The monoisotopic (exact) mass is 519 g/mol. The van der Waals surface area contributed by atoms with Gasteiger partial charge in [0.1, 0.15) is 17.3 Å². The summed E-state index contributed by atoms with van der Waals surface area (Å²) in [6, 6.07) is 18.1. The fourth-order valence-electron chi connectivity index (χ4n) is 6.05. The minimum absolute atomic E-state index is 0.0122. The number of piperazine rings is 1. The fraction of sp³-hybridized carbons (Fsp3) is 0.562. The van der Waals surface area contributed by atoms with E-state index in [1.807, 2.05) is 29.2 Å². The highest BCUT2D eigenvalue weighted by Crippen LogP contribution is 2.36. The molecular formula is C32H45N3O3. The van der Waals surface area contributed by atoms with Crippen molar-refractivity contribution in [3.8, 4) is 5.75 Å². The highest BCUT2D eigenvalue weighted by atomic mass is 16.5. The normalized spacial score (nSPS) is 19.7. The molecule has 2 aliphatic rings. The summed E-state index contributed by atoms with van der Waals surface area (Å²) in [6.45, 7) is 7.30. The molecule has 38 heavy (non-hydrogen) atoms. The number of para-hydroxylation sites is 1. The van der Waals surface area contributed by atoms with E-state index in [1.165, 1.54) is 31.2 Å². The molecule has 0 aliphatic carbocycles. The molecule has 2 amide bonds. The van der Waals surface area contributed by atoms with E-state index in [2.05, 4.69) is 54.4 Å². The molecule has 2 aromatic rings. The molecule has 1 atom stereocenters. The number of amides is 2. The van der Waals surface area contributed by atoms with Crippen LogP contribution in [0.2, 0.25) is 0 Å². The maximum Gasteiger partial charge on any atom is 0.246 e. The van der Waals surface area contributed by atoms with E-state index >= 15 is 0 Å².